The molecule has 0 radical (unpaired) electrons. The number of para-hydroxylation sites is 1. The van der Waals surface area contributed by atoms with Crippen molar-refractivity contribution in [1.82, 2.24) is 10.2 Å². The van der Waals surface area contributed by atoms with Crippen LogP contribution < -0.4 is 10.6 Å². The number of ketones is 1. The second-order valence-electron chi connectivity index (χ2n) is 7.24. The standard InChI is InChI=1S/C22H24ClN3O4/c1-4-15(12-8-10-13(23)11-9-12)24-17-18(21(29)20(17)28)25-16-7-5-6-14(19(16)27)22(30)26(2)3/h5-11,15,20,24-25,27-28H,4H2,1-3H3/t15-,20?/m1/s1. The number of hydrogen-bond acceptors (Lipinski definition) is 6. The van der Waals surface area contributed by atoms with E-state index in [2.05, 4.69) is 10.6 Å². The number of aliphatic hydroxyl groups excluding tert-OH is 1. The number of nitrogens with one attached hydrogen (secondary N) is 2. The van der Waals surface area contributed by atoms with Gasteiger partial charge in [0, 0.05) is 19.1 Å². The second-order valence-corrected chi connectivity index (χ2v) is 7.67. The van der Waals surface area contributed by atoms with Crippen LogP contribution in [0, 0.1) is 0 Å². The van der Waals surface area contributed by atoms with E-state index < -0.39 is 11.9 Å². The number of carbonyl (C=O) groups is 2. The molecule has 0 aliphatic heterocycles. The van der Waals surface area contributed by atoms with Gasteiger partial charge >= 0.3 is 0 Å². The number of aromatic hydroxyl groups is 1. The molecule has 2 atom stereocenters. The van der Waals surface area contributed by atoms with Crippen LogP contribution >= 0.6 is 11.6 Å². The van der Waals surface area contributed by atoms with Crippen molar-refractivity contribution in [3.8, 4) is 5.75 Å². The summed E-state index contributed by atoms with van der Waals surface area (Å²) in [6.45, 7) is 1.98. The van der Waals surface area contributed by atoms with Gasteiger partial charge in [-0.3, -0.25) is 9.59 Å². The molecular formula is C22H24ClN3O4. The highest BCUT2D eigenvalue weighted by molar-refractivity contribution is 6.30. The molecule has 0 fully saturated rings. The lowest BCUT2D eigenvalue weighted by Gasteiger charge is -2.33. The molecule has 0 saturated heterocycles. The average Bonchev–Trinajstić information content (AvgIpc) is 2.74. The summed E-state index contributed by atoms with van der Waals surface area (Å²) in [6, 6.07) is 11.8. The summed E-state index contributed by atoms with van der Waals surface area (Å²) < 4.78 is 0. The zero-order chi connectivity index (χ0) is 22.0. The highest BCUT2D eigenvalue weighted by Crippen LogP contribution is 2.34. The van der Waals surface area contributed by atoms with Crippen molar-refractivity contribution in [2.75, 3.05) is 19.4 Å². The zero-order valence-corrected chi connectivity index (χ0v) is 17.7. The first-order chi connectivity index (χ1) is 14.2. The Morgan fingerprint density at radius 2 is 1.87 bits per heavy atom. The largest absolute Gasteiger partial charge is 0.505 e. The maximum atomic E-state index is 12.3. The van der Waals surface area contributed by atoms with Gasteiger partial charge in [0.2, 0.25) is 5.78 Å². The molecule has 7 nitrogen and oxygen atoms in total. The molecule has 0 bridgehead atoms. The number of phenolic OH excluding ortho intramolecular Hbond substituents is 1. The third kappa shape index (κ3) is 4.13. The lowest BCUT2D eigenvalue weighted by atomic mass is 9.92. The van der Waals surface area contributed by atoms with Gasteiger partial charge in [0.1, 0.15) is 5.70 Å². The van der Waals surface area contributed by atoms with Gasteiger partial charge in [0.05, 0.1) is 23.0 Å². The van der Waals surface area contributed by atoms with Crippen molar-refractivity contribution in [3.05, 3.63) is 70.0 Å². The van der Waals surface area contributed by atoms with Crippen LogP contribution in [-0.4, -0.2) is 47.0 Å². The molecule has 1 amide bonds. The summed E-state index contributed by atoms with van der Waals surface area (Å²) in [6.07, 6.45) is -0.570. The van der Waals surface area contributed by atoms with E-state index in [4.69, 9.17) is 11.6 Å². The molecular weight excluding hydrogens is 406 g/mol. The zero-order valence-electron chi connectivity index (χ0n) is 16.9. The van der Waals surface area contributed by atoms with Crippen molar-refractivity contribution in [3.63, 3.8) is 0 Å². The van der Waals surface area contributed by atoms with Crippen molar-refractivity contribution in [1.29, 1.82) is 0 Å². The number of Topliss-reactive ketones (excluding diaryl/α,β-unsaturated/α-hetero) is 1. The number of rotatable bonds is 7. The maximum Gasteiger partial charge on any atom is 0.257 e. The lowest BCUT2D eigenvalue weighted by Crippen LogP contribution is -2.46. The fraction of sp³-hybridized carbons (Fsp3) is 0.273. The quantitative estimate of drug-likeness (QED) is 0.504. The molecule has 0 spiro atoms. The lowest BCUT2D eigenvalue weighted by molar-refractivity contribution is -0.124. The van der Waals surface area contributed by atoms with Gasteiger partial charge < -0.3 is 25.7 Å². The molecule has 0 aromatic heterocycles. The number of anilines is 1. The van der Waals surface area contributed by atoms with Crippen LogP contribution in [0.1, 0.15) is 35.3 Å². The number of halogens is 1. The number of hydrogen-bond donors (Lipinski definition) is 4. The number of benzene rings is 2. The molecule has 1 aliphatic rings. The van der Waals surface area contributed by atoms with Gasteiger partial charge in [0.25, 0.3) is 5.91 Å². The van der Waals surface area contributed by atoms with Gasteiger partial charge in [0.15, 0.2) is 11.9 Å². The summed E-state index contributed by atoms with van der Waals surface area (Å²) in [5, 5.41) is 27.4. The Balaban J connectivity index is 1.89. The van der Waals surface area contributed by atoms with Gasteiger partial charge in [-0.25, -0.2) is 0 Å². The summed E-state index contributed by atoms with van der Waals surface area (Å²) >= 11 is 5.95. The monoisotopic (exact) mass is 429 g/mol. The number of amides is 1. The van der Waals surface area contributed by atoms with E-state index in [1.165, 1.54) is 11.0 Å². The molecule has 0 heterocycles. The maximum absolute atomic E-state index is 12.3. The minimum atomic E-state index is -1.28. The van der Waals surface area contributed by atoms with E-state index in [-0.39, 0.29) is 34.6 Å². The van der Waals surface area contributed by atoms with E-state index in [0.717, 1.165) is 5.56 Å². The number of carbonyl (C=O) groups excluding carboxylic acids is 2. The predicted molar refractivity (Wildman–Crippen MR) is 115 cm³/mol. The third-order valence-electron chi connectivity index (χ3n) is 4.98. The first kappa shape index (κ1) is 21.7. The van der Waals surface area contributed by atoms with Crippen molar-refractivity contribution in [2.45, 2.75) is 25.5 Å². The van der Waals surface area contributed by atoms with Gasteiger partial charge in [-0.05, 0) is 36.2 Å². The Morgan fingerprint density at radius 3 is 2.47 bits per heavy atom. The Kier molecular flexibility index (Phi) is 6.34. The SMILES string of the molecule is CC[C@@H](NC1=C(Nc2cccc(C(=O)N(C)C)c2O)C(=O)C1O)c1ccc(Cl)cc1. The van der Waals surface area contributed by atoms with E-state index in [0.29, 0.717) is 17.1 Å². The smallest absolute Gasteiger partial charge is 0.257 e. The molecule has 1 aliphatic carbocycles. The van der Waals surface area contributed by atoms with Crippen molar-refractivity contribution in [2.24, 2.45) is 0 Å². The highest BCUT2D eigenvalue weighted by atomic mass is 35.5. The van der Waals surface area contributed by atoms with Crippen LogP contribution in [0.4, 0.5) is 5.69 Å². The first-order valence-electron chi connectivity index (χ1n) is 9.53. The number of phenols is 1. The molecule has 0 saturated carbocycles. The molecule has 2 aromatic rings. The van der Waals surface area contributed by atoms with Crippen LogP contribution in [0.2, 0.25) is 5.02 Å². The molecule has 4 N–H and O–H groups in total. The van der Waals surface area contributed by atoms with Crippen molar-refractivity contribution >= 4 is 29.0 Å². The summed E-state index contributed by atoms with van der Waals surface area (Å²) in [7, 11) is 3.17. The fourth-order valence-corrected chi connectivity index (χ4v) is 3.36. The first-order valence-corrected chi connectivity index (χ1v) is 9.91. The third-order valence-corrected chi connectivity index (χ3v) is 5.23. The summed E-state index contributed by atoms with van der Waals surface area (Å²) in [5.74, 6) is -1.12. The van der Waals surface area contributed by atoms with Crippen LogP contribution in [-0.2, 0) is 4.79 Å². The van der Waals surface area contributed by atoms with Crippen LogP contribution in [0.5, 0.6) is 5.75 Å². The molecule has 30 heavy (non-hydrogen) atoms. The summed E-state index contributed by atoms with van der Waals surface area (Å²) in [4.78, 5) is 25.9. The summed E-state index contributed by atoms with van der Waals surface area (Å²) in [5.41, 5.74) is 1.77. The van der Waals surface area contributed by atoms with Crippen LogP contribution in [0.3, 0.4) is 0 Å². The van der Waals surface area contributed by atoms with Crippen LogP contribution in [0.15, 0.2) is 53.9 Å². The highest BCUT2D eigenvalue weighted by Gasteiger charge is 2.39. The Hall–Kier alpha value is -3.03. The molecule has 1 unspecified atom stereocenters. The normalized spacial score (nSPS) is 16.7. The molecule has 8 heteroatoms. The van der Waals surface area contributed by atoms with E-state index in [1.54, 1.807) is 38.4 Å². The molecule has 158 valence electrons. The Morgan fingerprint density at radius 1 is 1.20 bits per heavy atom. The topological polar surface area (TPSA) is 102 Å². The Bertz CT molecular complexity index is 1000. The van der Waals surface area contributed by atoms with E-state index in [9.17, 15) is 19.8 Å². The van der Waals surface area contributed by atoms with E-state index in [1.807, 2.05) is 19.1 Å². The van der Waals surface area contributed by atoms with Gasteiger partial charge in [-0.2, -0.15) is 0 Å². The number of aliphatic hydroxyl groups is 1. The van der Waals surface area contributed by atoms with Crippen LogP contribution in [0.25, 0.3) is 0 Å². The van der Waals surface area contributed by atoms with Gasteiger partial charge in [-0.15, -0.1) is 0 Å². The number of nitrogens with zero attached hydrogens (tertiary/aromatic N) is 1. The fourth-order valence-electron chi connectivity index (χ4n) is 3.24. The van der Waals surface area contributed by atoms with E-state index >= 15 is 0 Å². The van der Waals surface area contributed by atoms with Crippen molar-refractivity contribution < 1.29 is 19.8 Å². The minimum absolute atomic E-state index is 0.111. The molecule has 2 aromatic carbocycles. The Labute approximate surface area is 180 Å². The van der Waals surface area contributed by atoms with Gasteiger partial charge in [-0.1, -0.05) is 36.7 Å². The minimum Gasteiger partial charge on any atom is -0.505 e. The molecule has 3 rings (SSSR count). The average molecular weight is 430 g/mol. The predicted octanol–water partition coefficient (Wildman–Crippen LogP) is 3.06. The second kappa shape index (κ2) is 8.77.